The number of likely N-dealkylation sites (N-methyl/N-ethyl adjacent to an activating group) is 1. The third-order valence-corrected chi connectivity index (χ3v) is 3.89. The highest BCUT2D eigenvalue weighted by Crippen LogP contribution is 2.19. The zero-order chi connectivity index (χ0) is 12.4. The van der Waals surface area contributed by atoms with E-state index in [1.807, 2.05) is 19.3 Å². The first kappa shape index (κ1) is 12.0. The zero-order valence-corrected chi connectivity index (χ0v) is 10.7. The van der Waals surface area contributed by atoms with Gasteiger partial charge in [0.15, 0.2) is 0 Å². The fourth-order valence-corrected chi connectivity index (χ4v) is 2.55. The van der Waals surface area contributed by atoms with Crippen LogP contribution in [0.25, 0.3) is 0 Å². The summed E-state index contributed by atoms with van der Waals surface area (Å²) in [5, 5.41) is 14.5. The van der Waals surface area contributed by atoms with Gasteiger partial charge in [-0.05, 0) is 7.05 Å². The number of hydrogen-bond acceptors (Lipinski definition) is 5. The van der Waals surface area contributed by atoms with E-state index >= 15 is 0 Å². The van der Waals surface area contributed by atoms with Crippen molar-refractivity contribution in [1.29, 1.82) is 0 Å². The highest BCUT2D eigenvalue weighted by Gasteiger charge is 2.27. The molecule has 0 aliphatic carbocycles. The van der Waals surface area contributed by atoms with E-state index in [0.717, 1.165) is 38.7 Å². The minimum Gasteiger partial charge on any atom is -0.379 e. The van der Waals surface area contributed by atoms with Crippen LogP contribution in [0.5, 0.6) is 0 Å². The van der Waals surface area contributed by atoms with Crippen LogP contribution in [0, 0.1) is 5.92 Å². The van der Waals surface area contributed by atoms with Gasteiger partial charge in [0, 0.05) is 37.7 Å². The van der Waals surface area contributed by atoms with Crippen molar-refractivity contribution in [2.75, 3.05) is 45.2 Å². The SMILES string of the molecule is CNC1COCC1CNc1ccnn1C1CNC1. The van der Waals surface area contributed by atoms with Gasteiger partial charge >= 0.3 is 0 Å². The quantitative estimate of drug-likeness (QED) is 0.669. The molecule has 3 N–H and O–H groups in total. The lowest BCUT2D eigenvalue weighted by molar-refractivity contribution is 0.184. The average molecular weight is 251 g/mol. The molecule has 2 saturated heterocycles. The Bertz CT molecular complexity index is 390. The van der Waals surface area contributed by atoms with Gasteiger partial charge in [-0.25, -0.2) is 4.68 Å². The Hall–Kier alpha value is -1.11. The first-order valence-corrected chi connectivity index (χ1v) is 6.61. The summed E-state index contributed by atoms with van der Waals surface area (Å²) < 4.78 is 7.59. The van der Waals surface area contributed by atoms with E-state index < -0.39 is 0 Å². The fourth-order valence-electron chi connectivity index (χ4n) is 2.55. The summed E-state index contributed by atoms with van der Waals surface area (Å²) in [5.41, 5.74) is 0. The van der Waals surface area contributed by atoms with Crippen molar-refractivity contribution in [2.24, 2.45) is 5.92 Å². The van der Waals surface area contributed by atoms with Crippen LogP contribution in [0.4, 0.5) is 5.82 Å². The summed E-state index contributed by atoms with van der Waals surface area (Å²) in [5.74, 6) is 1.64. The molecular formula is C12H21N5O. The van der Waals surface area contributed by atoms with Crippen LogP contribution in [-0.4, -0.2) is 55.7 Å². The van der Waals surface area contributed by atoms with E-state index in [1.165, 1.54) is 0 Å². The number of ether oxygens (including phenoxy) is 1. The molecule has 0 spiro atoms. The Labute approximate surface area is 107 Å². The second-order valence-electron chi connectivity index (χ2n) is 5.05. The van der Waals surface area contributed by atoms with Gasteiger partial charge in [-0.2, -0.15) is 5.10 Å². The van der Waals surface area contributed by atoms with Crippen molar-refractivity contribution in [1.82, 2.24) is 20.4 Å². The predicted molar refractivity (Wildman–Crippen MR) is 69.8 cm³/mol. The molecule has 3 rings (SSSR count). The number of hydrogen-bond donors (Lipinski definition) is 3. The lowest BCUT2D eigenvalue weighted by Crippen LogP contribution is -2.44. The lowest BCUT2D eigenvalue weighted by atomic mass is 10.0. The van der Waals surface area contributed by atoms with Crippen molar-refractivity contribution < 1.29 is 4.74 Å². The largest absolute Gasteiger partial charge is 0.379 e. The second kappa shape index (κ2) is 5.26. The van der Waals surface area contributed by atoms with Crippen LogP contribution in [0.2, 0.25) is 0 Å². The molecule has 0 bridgehead atoms. The summed E-state index contributed by atoms with van der Waals surface area (Å²) in [6, 6.07) is 3.00. The Morgan fingerprint density at radius 3 is 3.11 bits per heavy atom. The molecule has 2 unspecified atom stereocenters. The summed E-state index contributed by atoms with van der Waals surface area (Å²) in [6.45, 7) is 4.60. The van der Waals surface area contributed by atoms with E-state index in [0.29, 0.717) is 18.0 Å². The minimum atomic E-state index is 0.458. The van der Waals surface area contributed by atoms with Gasteiger partial charge in [-0.1, -0.05) is 0 Å². The molecule has 2 aliphatic rings. The zero-order valence-electron chi connectivity index (χ0n) is 10.7. The average Bonchev–Trinajstić information content (AvgIpc) is 2.92. The molecule has 0 radical (unpaired) electrons. The van der Waals surface area contributed by atoms with Crippen LogP contribution < -0.4 is 16.0 Å². The molecule has 0 amide bonds. The topological polar surface area (TPSA) is 63.1 Å². The molecule has 18 heavy (non-hydrogen) atoms. The molecule has 0 aromatic carbocycles. The van der Waals surface area contributed by atoms with E-state index in [9.17, 15) is 0 Å². The summed E-state index contributed by atoms with van der Waals surface area (Å²) in [6.07, 6.45) is 1.86. The van der Waals surface area contributed by atoms with E-state index in [-0.39, 0.29) is 0 Å². The van der Waals surface area contributed by atoms with Crippen LogP contribution in [0.3, 0.4) is 0 Å². The van der Waals surface area contributed by atoms with Crippen molar-refractivity contribution in [3.8, 4) is 0 Å². The van der Waals surface area contributed by atoms with Gasteiger partial charge < -0.3 is 20.7 Å². The van der Waals surface area contributed by atoms with Crippen molar-refractivity contribution in [3.63, 3.8) is 0 Å². The normalized spacial score (nSPS) is 28.3. The van der Waals surface area contributed by atoms with E-state index in [2.05, 4.69) is 25.7 Å². The van der Waals surface area contributed by atoms with Gasteiger partial charge in [0.2, 0.25) is 0 Å². The van der Waals surface area contributed by atoms with Crippen LogP contribution >= 0.6 is 0 Å². The maximum absolute atomic E-state index is 5.51. The molecule has 2 atom stereocenters. The van der Waals surface area contributed by atoms with Crippen LogP contribution in [-0.2, 0) is 4.74 Å². The summed E-state index contributed by atoms with van der Waals surface area (Å²) in [7, 11) is 2.00. The Morgan fingerprint density at radius 2 is 2.39 bits per heavy atom. The molecule has 3 heterocycles. The Morgan fingerprint density at radius 1 is 1.50 bits per heavy atom. The standard InChI is InChI=1S/C12H21N5O/c1-13-11-8-18-7-9(11)4-15-12-2-3-16-17(12)10-5-14-6-10/h2-3,9-11,13-15H,4-8H2,1H3. The molecule has 1 aromatic rings. The predicted octanol–water partition coefficient (Wildman–Crippen LogP) is -0.326. The molecule has 2 aliphatic heterocycles. The smallest absolute Gasteiger partial charge is 0.124 e. The monoisotopic (exact) mass is 251 g/mol. The number of nitrogens with zero attached hydrogens (tertiary/aromatic N) is 2. The molecule has 1 aromatic heterocycles. The third kappa shape index (κ3) is 2.23. The second-order valence-corrected chi connectivity index (χ2v) is 5.05. The van der Waals surface area contributed by atoms with Gasteiger partial charge in [0.05, 0.1) is 25.5 Å². The maximum Gasteiger partial charge on any atom is 0.124 e. The van der Waals surface area contributed by atoms with Crippen molar-refractivity contribution >= 4 is 5.82 Å². The van der Waals surface area contributed by atoms with Crippen molar-refractivity contribution in [3.05, 3.63) is 12.3 Å². The number of nitrogens with one attached hydrogen (secondary N) is 3. The van der Waals surface area contributed by atoms with Gasteiger partial charge in [-0.3, -0.25) is 0 Å². The van der Waals surface area contributed by atoms with Crippen LogP contribution in [0.1, 0.15) is 6.04 Å². The lowest BCUT2D eigenvalue weighted by Gasteiger charge is -2.29. The summed E-state index contributed by atoms with van der Waals surface area (Å²) >= 11 is 0. The maximum atomic E-state index is 5.51. The molecule has 0 saturated carbocycles. The summed E-state index contributed by atoms with van der Waals surface area (Å²) in [4.78, 5) is 0. The number of aromatic nitrogens is 2. The first-order chi connectivity index (χ1) is 8.88. The molecule has 6 heteroatoms. The molecule has 100 valence electrons. The first-order valence-electron chi connectivity index (χ1n) is 6.61. The van der Waals surface area contributed by atoms with Gasteiger partial charge in [0.25, 0.3) is 0 Å². The van der Waals surface area contributed by atoms with Gasteiger partial charge in [0.1, 0.15) is 5.82 Å². The Kier molecular flexibility index (Phi) is 3.49. The fraction of sp³-hybridized carbons (Fsp3) is 0.750. The highest BCUT2D eigenvalue weighted by atomic mass is 16.5. The van der Waals surface area contributed by atoms with E-state index in [1.54, 1.807) is 0 Å². The van der Waals surface area contributed by atoms with Crippen LogP contribution in [0.15, 0.2) is 12.3 Å². The molecule has 2 fully saturated rings. The third-order valence-electron chi connectivity index (χ3n) is 3.89. The molecule has 6 nitrogen and oxygen atoms in total. The number of anilines is 1. The highest BCUT2D eigenvalue weighted by molar-refractivity contribution is 5.35. The van der Waals surface area contributed by atoms with Gasteiger partial charge in [-0.15, -0.1) is 0 Å². The Balaban J connectivity index is 1.57. The number of rotatable bonds is 5. The molecular weight excluding hydrogens is 230 g/mol. The van der Waals surface area contributed by atoms with E-state index in [4.69, 9.17) is 4.74 Å². The minimum absolute atomic E-state index is 0.458. The van der Waals surface area contributed by atoms with Crippen molar-refractivity contribution in [2.45, 2.75) is 12.1 Å².